The summed E-state index contributed by atoms with van der Waals surface area (Å²) < 4.78 is 0.943. The van der Waals surface area contributed by atoms with E-state index in [-0.39, 0.29) is 23.7 Å². The van der Waals surface area contributed by atoms with Crippen LogP contribution >= 0.6 is 15.9 Å². The van der Waals surface area contributed by atoms with Crippen molar-refractivity contribution in [3.63, 3.8) is 0 Å². The molecule has 2 aliphatic rings. The lowest BCUT2D eigenvalue weighted by molar-refractivity contribution is -0.148. The maximum Gasteiger partial charge on any atom is 0.307 e. The topological polar surface area (TPSA) is 66.4 Å². The van der Waals surface area contributed by atoms with Gasteiger partial charge in [-0.05, 0) is 55.4 Å². The molecule has 0 unspecified atom stereocenters. The molecule has 0 heterocycles. The highest BCUT2D eigenvalue weighted by Gasteiger charge is 2.53. The summed E-state index contributed by atoms with van der Waals surface area (Å²) >= 11 is 3.34. The molecule has 2 aliphatic carbocycles. The van der Waals surface area contributed by atoms with Crippen LogP contribution in [-0.4, -0.2) is 17.0 Å². The Morgan fingerprint density at radius 3 is 2.30 bits per heavy atom. The highest BCUT2D eigenvalue weighted by Crippen LogP contribution is 2.52. The number of nitrogens with one attached hydrogen (secondary N) is 1. The molecule has 3 rings (SSSR count). The van der Waals surface area contributed by atoms with Gasteiger partial charge in [-0.25, -0.2) is 0 Å². The van der Waals surface area contributed by atoms with E-state index in [0.717, 1.165) is 23.7 Å². The number of benzene rings is 1. The quantitative estimate of drug-likeness (QED) is 0.890. The summed E-state index contributed by atoms with van der Waals surface area (Å²) in [4.78, 5) is 23.8. The first-order valence-electron chi connectivity index (χ1n) is 6.85. The van der Waals surface area contributed by atoms with Crippen molar-refractivity contribution in [1.29, 1.82) is 0 Å². The molecule has 1 aromatic carbocycles. The van der Waals surface area contributed by atoms with Gasteiger partial charge in [0.2, 0.25) is 5.91 Å². The molecule has 1 amide bonds. The largest absolute Gasteiger partial charge is 0.481 e. The summed E-state index contributed by atoms with van der Waals surface area (Å²) in [6, 6.07) is 7.33. The number of hydrogen-bond donors (Lipinski definition) is 2. The molecule has 0 aliphatic heterocycles. The van der Waals surface area contributed by atoms with Crippen LogP contribution in [0.5, 0.6) is 0 Å². The molecular weight excluding hydrogens is 322 g/mol. The fourth-order valence-corrected chi connectivity index (χ4v) is 4.05. The van der Waals surface area contributed by atoms with Crippen LogP contribution < -0.4 is 5.32 Å². The van der Waals surface area contributed by atoms with Gasteiger partial charge in [0.25, 0.3) is 0 Å². The van der Waals surface area contributed by atoms with Gasteiger partial charge in [-0.15, -0.1) is 0 Å². The number of rotatable bonds is 3. The van der Waals surface area contributed by atoms with Gasteiger partial charge in [0.05, 0.1) is 11.8 Å². The number of carboxylic acid groups (broad SMARTS) is 1. The summed E-state index contributed by atoms with van der Waals surface area (Å²) in [5.74, 6) is -1.45. The van der Waals surface area contributed by atoms with E-state index in [2.05, 4.69) is 21.2 Å². The Hall–Kier alpha value is -1.36. The molecule has 1 aromatic rings. The van der Waals surface area contributed by atoms with E-state index in [9.17, 15) is 14.7 Å². The zero-order valence-corrected chi connectivity index (χ0v) is 12.5. The summed E-state index contributed by atoms with van der Waals surface area (Å²) in [6.45, 7) is 0. The van der Waals surface area contributed by atoms with E-state index in [4.69, 9.17) is 0 Å². The van der Waals surface area contributed by atoms with Crippen LogP contribution in [-0.2, 0) is 9.59 Å². The van der Waals surface area contributed by atoms with E-state index in [1.54, 1.807) is 0 Å². The first-order valence-corrected chi connectivity index (χ1v) is 7.65. The van der Waals surface area contributed by atoms with Crippen molar-refractivity contribution in [2.45, 2.75) is 19.3 Å². The molecule has 5 heteroatoms. The van der Waals surface area contributed by atoms with E-state index in [1.165, 1.54) is 0 Å². The molecule has 0 spiro atoms. The maximum absolute atomic E-state index is 12.4. The standard InChI is InChI=1S/C15H16BrNO3/c16-10-3-5-11(6-4-10)17-14(18)12-8-1-2-9(7-8)13(12)15(19)20/h3-6,8-9,12-13H,1-2,7H2,(H,17,18)(H,19,20)/t8-,9+,12-,13+/m0/s1. The van der Waals surface area contributed by atoms with Gasteiger partial charge in [0, 0.05) is 10.2 Å². The second kappa shape index (κ2) is 5.20. The number of hydrogen-bond acceptors (Lipinski definition) is 2. The van der Waals surface area contributed by atoms with Crippen LogP contribution in [0.3, 0.4) is 0 Å². The van der Waals surface area contributed by atoms with Crippen molar-refractivity contribution in [1.82, 2.24) is 0 Å². The lowest BCUT2D eigenvalue weighted by atomic mass is 9.78. The molecule has 20 heavy (non-hydrogen) atoms. The molecule has 2 N–H and O–H groups in total. The number of aliphatic carboxylic acids is 1. The number of amides is 1. The third-order valence-corrected chi connectivity index (χ3v) is 5.14. The van der Waals surface area contributed by atoms with Crippen LogP contribution in [0, 0.1) is 23.7 Å². The number of halogens is 1. The average molecular weight is 338 g/mol. The molecule has 0 aromatic heterocycles. The summed E-state index contributed by atoms with van der Waals surface area (Å²) in [5, 5.41) is 12.2. The van der Waals surface area contributed by atoms with Crippen LogP contribution in [0.4, 0.5) is 5.69 Å². The van der Waals surface area contributed by atoms with Gasteiger partial charge in [0.15, 0.2) is 0 Å². The van der Waals surface area contributed by atoms with Crippen molar-refractivity contribution in [3.8, 4) is 0 Å². The summed E-state index contributed by atoms with van der Waals surface area (Å²) in [6.07, 6.45) is 2.81. The molecule has 0 radical (unpaired) electrons. The maximum atomic E-state index is 12.4. The van der Waals surface area contributed by atoms with Gasteiger partial charge in [-0.2, -0.15) is 0 Å². The first-order chi connectivity index (χ1) is 9.56. The number of carbonyl (C=O) groups is 2. The lowest BCUT2D eigenvalue weighted by Crippen LogP contribution is -2.37. The van der Waals surface area contributed by atoms with Crippen molar-refractivity contribution < 1.29 is 14.7 Å². The first kappa shape index (κ1) is 13.6. The predicted molar refractivity (Wildman–Crippen MR) is 78.2 cm³/mol. The molecule has 0 saturated heterocycles. The van der Waals surface area contributed by atoms with Crippen LogP contribution in [0.15, 0.2) is 28.7 Å². The van der Waals surface area contributed by atoms with Crippen molar-refractivity contribution in [2.75, 3.05) is 5.32 Å². The smallest absolute Gasteiger partial charge is 0.307 e. The van der Waals surface area contributed by atoms with Crippen LogP contribution in [0.2, 0.25) is 0 Å². The number of fused-ring (bicyclic) bond motifs is 2. The lowest BCUT2D eigenvalue weighted by Gasteiger charge is -2.27. The van der Waals surface area contributed by atoms with E-state index >= 15 is 0 Å². The summed E-state index contributed by atoms with van der Waals surface area (Å²) in [5.41, 5.74) is 0.713. The SMILES string of the molecule is O=C(O)[C@@H]1[C@@H]2CC[C@@H](C2)[C@@H]1C(=O)Nc1ccc(Br)cc1. The molecule has 2 saturated carbocycles. The van der Waals surface area contributed by atoms with E-state index < -0.39 is 11.9 Å². The fourth-order valence-electron chi connectivity index (χ4n) is 3.78. The molecular formula is C15H16BrNO3. The highest BCUT2D eigenvalue weighted by atomic mass is 79.9. The Balaban J connectivity index is 1.76. The monoisotopic (exact) mass is 337 g/mol. The number of carbonyl (C=O) groups excluding carboxylic acids is 1. The van der Waals surface area contributed by atoms with Gasteiger partial charge in [-0.3, -0.25) is 9.59 Å². The molecule has 2 fully saturated rings. The zero-order chi connectivity index (χ0) is 14.3. The van der Waals surface area contributed by atoms with Crippen molar-refractivity contribution in [3.05, 3.63) is 28.7 Å². The second-order valence-electron chi connectivity index (χ2n) is 5.72. The highest BCUT2D eigenvalue weighted by molar-refractivity contribution is 9.10. The molecule has 2 bridgehead atoms. The minimum atomic E-state index is -0.826. The van der Waals surface area contributed by atoms with Crippen molar-refractivity contribution >= 4 is 33.5 Å². The van der Waals surface area contributed by atoms with Crippen molar-refractivity contribution in [2.24, 2.45) is 23.7 Å². The molecule has 4 atom stereocenters. The van der Waals surface area contributed by atoms with Gasteiger partial charge in [-0.1, -0.05) is 15.9 Å². The minimum absolute atomic E-state index is 0.146. The van der Waals surface area contributed by atoms with E-state index in [1.807, 2.05) is 24.3 Å². The normalized spacial score (nSPS) is 31.2. The van der Waals surface area contributed by atoms with Gasteiger partial charge in [0.1, 0.15) is 0 Å². The Labute approximate surface area is 125 Å². The summed E-state index contributed by atoms with van der Waals surface area (Å²) in [7, 11) is 0. The van der Waals surface area contributed by atoms with Crippen LogP contribution in [0.25, 0.3) is 0 Å². The van der Waals surface area contributed by atoms with Crippen LogP contribution in [0.1, 0.15) is 19.3 Å². The third-order valence-electron chi connectivity index (χ3n) is 4.62. The Kier molecular flexibility index (Phi) is 3.54. The molecule has 106 valence electrons. The third kappa shape index (κ3) is 2.35. The Morgan fingerprint density at radius 1 is 1.10 bits per heavy atom. The Morgan fingerprint density at radius 2 is 1.70 bits per heavy atom. The second-order valence-corrected chi connectivity index (χ2v) is 6.63. The average Bonchev–Trinajstić information content (AvgIpc) is 3.01. The van der Waals surface area contributed by atoms with Gasteiger partial charge < -0.3 is 10.4 Å². The minimum Gasteiger partial charge on any atom is -0.481 e. The zero-order valence-electron chi connectivity index (χ0n) is 10.9. The Bertz CT molecular complexity index is 543. The van der Waals surface area contributed by atoms with Gasteiger partial charge >= 0.3 is 5.97 Å². The fraction of sp³-hybridized carbons (Fsp3) is 0.467. The predicted octanol–water partition coefficient (Wildman–Crippen LogP) is 3.13. The molecule has 4 nitrogen and oxygen atoms in total. The number of carboxylic acids is 1. The van der Waals surface area contributed by atoms with E-state index in [0.29, 0.717) is 5.69 Å². The number of anilines is 1.